The molecular formula is C29H28ClN7OS2. The van der Waals surface area contributed by atoms with E-state index in [4.69, 9.17) is 38.5 Å². The number of nitrogens with one attached hydrogen (secondary N) is 2. The number of aromatic nitrogens is 4. The number of ether oxygens (including phenoxy) is 1. The number of fused-ring (bicyclic) bond motifs is 1. The van der Waals surface area contributed by atoms with Crippen LogP contribution in [0.3, 0.4) is 0 Å². The summed E-state index contributed by atoms with van der Waals surface area (Å²) in [4.78, 5) is 20.5. The first-order chi connectivity index (χ1) is 19.6. The Morgan fingerprint density at radius 1 is 0.975 bits per heavy atom. The molecule has 11 heteroatoms. The van der Waals surface area contributed by atoms with E-state index in [0.717, 1.165) is 41.8 Å². The molecule has 2 N–H and O–H groups in total. The minimum atomic E-state index is -0.107. The van der Waals surface area contributed by atoms with Gasteiger partial charge in [-0.05, 0) is 71.7 Å². The summed E-state index contributed by atoms with van der Waals surface area (Å²) in [7, 11) is 0. The number of nitrogens with zero attached hydrogens (tertiary/aromatic N) is 5. The van der Waals surface area contributed by atoms with Gasteiger partial charge in [0.25, 0.3) is 0 Å². The van der Waals surface area contributed by atoms with Crippen LogP contribution in [0.15, 0.2) is 83.2 Å². The summed E-state index contributed by atoms with van der Waals surface area (Å²) in [6, 6.07) is 20.3. The van der Waals surface area contributed by atoms with Gasteiger partial charge in [-0.15, -0.1) is 0 Å². The maximum atomic E-state index is 6.17. The summed E-state index contributed by atoms with van der Waals surface area (Å²) < 4.78 is 5.68. The lowest BCUT2D eigenvalue weighted by atomic mass is 9.74. The van der Waals surface area contributed by atoms with Gasteiger partial charge in [0.15, 0.2) is 10.3 Å². The van der Waals surface area contributed by atoms with Crippen LogP contribution in [0.25, 0.3) is 0 Å². The molecule has 0 atom stereocenters. The zero-order chi connectivity index (χ0) is 27.4. The highest BCUT2D eigenvalue weighted by Crippen LogP contribution is 2.35. The molecule has 1 saturated heterocycles. The van der Waals surface area contributed by atoms with E-state index in [-0.39, 0.29) is 5.41 Å². The molecule has 2 aliphatic rings. The number of thiocarbonyl (C=S) groups is 1. The molecule has 4 heterocycles. The smallest absolute Gasteiger partial charge is 0.232 e. The molecule has 0 radical (unpaired) electrons. The summed E-state index contributed by atoms with van der Waals surface area (Å²) in [5.74, 6) is 1.24. The molecule has 1 fully saturated rings. The van der Waals surface area contributed by atoms with Crippen molar-refractivity contribution in [2.75, 3.05) is 30.0 Å². The molecule has 0 spiro atoms. The largest absolute Gasteiger partial charge is 0.381 e. The monoisotopic (exact) mass is 589 g/mol. The average Bonchev–Trinajstić information content (AvgIpc) is 3.42. The fourth-order valence-electron chi connectivity index (χ4n) is 5.14. The van der Waals surface area contributed by atoms with Crippen LogP contribution in [0.2, 0.25) is 5.02 Å². The van der Waals surface area contributed by atoms with Crippen molar-refractivity contribution in [3.63, 3.8) is 0 Å². The molecule has 4 aromatic rings. The van der Waals surface area contributed by atoms with Crippen molar-refractivity contribution in [3.05, 3.63) is 94.8 Å². The van der Waals surface area contributed by atoms with Crippen molar-refractivity contribution < 1.29 is 4.74 Å². The zero-order valence-corrected chi connectivity index (χ0v) is 24.1. The highest BCUT2D eigenvalue weighted by atomic mass is 35.5. The maximum Gasteiger partial charge on any atom is 0.232 e. The van der Waals surface area contributed by atoms with Crippen LogP contribution in [0.4, 0.5) is 11.8 Å². The van der Waals surface area contributed by atoms with Gasteiger partial charge in [0, 0.05) is 61.7 Å². The van der Waals surface area contributed by atoms with Crippen molar-refractivity contribution in [2.24, 2.45) is 0 Å². The fraction of sp³-hybridized carbons (Fsp3) is 0.276. The molecule has 40 heavy (non-hydrogen) atoms. The molecule has 0 aliphatic carbocycles. The third-order valence-electron chi connectivity index (χ3n) is 7.31. The van der Waals surface area contributed by atoms with Crippen molar-refractivity contribution in [2.45, 2.75) is 41.5 Å². The second kappa shape index (κ2) is 12.1. The molecule has 8 nitrogen and oxygen atoms in total. The molecule has 2 aromatic heterocycles. The fourth-order valence-corrected chi connectivity index (χ4v) is 6.14. The van der Waals surface area contributed by atoms with Gasteiger partial charge in [0.2, 0.25) is 5.95 Å². The Labute approximate surface area is 248 Å². The van der Waals surface area contributed by atoms with Gasteiger partial charge in [0.05, 0.1) is 0 Å². The number of rotatable bonds is 7. The predicted molar refractivity (Wildman–Crippen MR) is 162 cm³/mol. The van der Waals surface area contributed by atoms with E-state index in [9.17, 15) is 0 Å². The summed E-state index contributed by atoms with van der Waals surface area (Å²) >= 11 is 13.3. The third kappa shape index (κ3) is 6.20. The molecule has 0 unspecified atom stereocenters. The minimum absolute atomic E-state index is 0.107. The molecule has 0 amide bonds. The van der Waals surface area contributed by atoms with E-state index in [1.54, 1.807) is 18.5 Å². The van der Waals surface area contributed by atoms with Gasteiger partial charge in [-0.1, -0.05) is 48.0 Å². The van der Waals surface area contributed by atoms with Crippen molar-refractivity contribution >= 4 is 52.5 Å². The lowest BCUT2D eigenvalue weighted by Gasteiger charge is -2.38. The van der Waals surface area contributed by atoms with Crippen molar-refractivity contribution in [1.29, 1.82) is 0 Å². The van der Waals surface area contributed by atoms with Crippen LogP contribution in [0, 0.1) is 0 Å². The van der Waals surface area contributed by atoms with Gasteiger partial charge in [0.1, 0.15) is 10.8 Å². The summed E-state index contributed by atoms with van der Waals surface area (Å²) in [5.41, 5.74) is 3.73. The summed E-state index contributed by atoms with van der Waals surface area (Å²) in [5, 5.41) is 9.22. The van der Waals surface area contributed by atoms with E-state index in [0.29, 0.717) is 36.0 Å². The van der Waals surface area contributed by atoms with Gasteiger partial charge in [-0.3, -0.25) is 0 Å². The predicted octanol–water partition coefficient (Wildman–Crippen LogP) is 5.63. The molecule has 204 valence electrons. The van der Waals surface area contributed by atoms with Crippen LogP contribution < -0.4 is 15.5 Å². The third-order valence-corrected chi connectivity index (χ3v) is 8.62. The van der Waals surface area contributed by atoms with Crippen molar-refractivity contribution in [1.82, 2.24) is 25.3 Å². The second-order valence-electron chi connectivity index (χ2n) is 9.85. The molecule has 2 aliphatic heterocycles. The topological polar surface area (TPSA) is 88.1 Å². The first-order valence-corrected chi connectivity index (χ1v) is 14.7. The molecule has 6 rings (SSSR count). The van der Waals surface area contributed by atoms with Gasteiger partial charge in [-0.25, -0.2) is 15.0 Å². The zero-order valence-electron chi connectivity index (χ0n) is 21.7. The quantitative estimate of drug-likeness (QED) is 0.161. The first kappa shape index (κ1) is 26.9. The van der Waals surface area contributed by atoms with Crippen LogP contribution >= 0.6 is 35.6 Å². The molecular weight excluding hydrogens is 562 g/mol. The Kier molecular flexibility index (Phi) is 8.10. The lowest BCUT2D eigenvalue weighted by molar-refractivity contribution is 0.0515. The highest BCUT2D eigenvalue weighted by molar-refractivity contribution is 7.99. The molecule has 2 aromatic carbocycles. The maximum absolute atomic E-state index is 6.17. The van der Waals surface area contributed by atoms with Gasteiger partial charge < -0.3 is 20.3 Å². The summed E-state index contributed by atoms with van der Waals surface area (Å²) in [6.45, 7) is 3.64. The van der Waals surface area contributed by atoms with Gasteiger partial charge in [-0.2, -0.15) is 4.98 Å². The van der Waals surface area contributed by atoms with E-state index >= 15 is 0 Å². The van der Waals surface area contributed by atoms with E-state index in [1.807, 2.05) is 18.2 Å². The van der Waals surface area contributed by atoms with Crippen LogP contribution in [-0.2, 0) is 23.2 Å². The Hall–Kier alpha value is -3.31. The highest BCUT2D eigenvalue weighted by Gasteiger charge is 2.34. The molecule has 0 saturated carbocycles. The Morgan fingerprint density at radius 3 is 2.38 bits per heavy atom. The van der Waals surface area contributed by atoms with E-state index < -0.39 is 0 Å². The number of benzene rings is 2. The van der Waals surface area contributed by atoms with Gasteiger partial charge >= 0.3 is 0 Å². The lowest BCUT2D eigenvalue weighted by Crippen LogP contribution is -2.45. The normalized spacial score (nSPS) is 15.9. The van der Waals surface area contributed by atoms with Crippen molar-refractivity contribution in [3.8, 4) is 0 Å². The van der Waals surface area contributed by atoms with Crippen LogP contribution in [-0.4, -0.2) is 44.8 Å². The van der Waals surface area contributed by atoms with Crippen LogP contribution in [0.5, 0.6) is 0 Å². The first-order valence-electron chi connectivity index (χ1n) is 13.1. The number of halogens is 1. The standard InChI is InChI=1S/C29H28ClN7OS2/c30-23-8-6-22(7-9-23)29(10-14-38-15-11-29)19-33-27(39)36-26-34-24(37-17-20-4-1-2-5-21(20)18-37)16-25(35-26)40-28-31-12-3-13-32-28/h1-9,12-13,16H,10-11,14-15,17-19H2,(H2,33,34,35,36,39). The minimum Gasteiger partial charge on any atom is -0.381 e. The molecule has 0 bridgehead atoms. The van der Waals surface area contributed by atoms with E-state index in [2.05, 4.69) is 61.9 Å². The number of anilines is 2. The SMILES string of the molecule is S=C(NCC1(c2ccc(Cl)cc2)CCOCC1)Nc1nc(Sc2ncccn2)cc(N2Cc3ccccc3C2)n1. The Morgan fingerprint density at radius 2 is 1.68 bits per heavy atom. The Bertz CT molecular complexity index is 1460. The summed E-state index contributed by atoms with van der Waals surface area (Å²) in [6.07, 6.45) is 5.23. The average molecular weight is 590 g/mol. The number of hydrogen-bond acceptors (Lipinski definition) is 8. The Balaban J connectivity index is 1.21. The van der Waals surface area contributed by atoms with Crippen LogP contribution in [0.1, 0.15) is 29.5 Å². The number of hydrogen-bond donors (Lipinski definition) is 2. The van der Waals surface area contributed by atoms with E-state index in [1.165, 1.54) is 28.5 Å². The second-order valence-corrected chi connectivity index (χ2v) is 11.7.